The first-order valence-corrected chi connectivity index (χ1v) is 7.27. The molecular weight excluding hydrogens is 214 g/mol. The highest BCUT2D eigenvalue weighted by Crippen LogP contribution is 2.09. The lowest BCUT2D eigenvalue weighted by Gasteiger charge is -2.08. The van der Waals surface area contributed by atoms with Crippen LogP contribution in [0.2, 0.25) is 0 Å². The normalized spacial score (nSPS) is 12.9. The minimum Gasteiger partial charge on any atom is -0.389 e. The van der Waals surface area contributed by atoms with Gasteiger partial charge in [-0.25, -0.2) is 0 Å². The molecule has 0 spiro atoms. The van der Waals surface area contributed by atoms with E-state index in [0.29, 0.717) is 6.61 Å². The lowest BCUT2D eigenvalue weighted by atomic mass is 10.1. The summed E-state index contributed by atoms with van der Waals surface area (Å²) >= 11 is 0. The quantitative estimate of drug-likeness (QED) is 0.491. The maximum absolute atomic E-state index is 9.15. The van der Waals surface area contributed by atoms with Crippen molar-refractivity contribution in [2.45, 2.75) is 70.8 Å². The summed E-state index contributed by atoms with van der Waals surface area (Å²) in [6, 6.07) is 0. The van der Waals surface area contributed by atoms with E-state index < -0.39 is 6.10 Å². The molecule has 0 aliphatic heterocycles. The summed E-state index contributed by atoms with van der Waals surface area (Å²) in [6.45, 7) is 3.68. The zero-order valence-electron chi connectivity index (χ0n) is 11.5. The fourth-order valence-electron chi connectivity index (χ4n) is 1.80. The van der Waals surface area contributed by atoms with Gasteiger partial charge in [0.2, 0.25) is 0 Å². The van der Waals surface area contributed by atoms with E-state index in [0.717, 1.165) is 13.0 Å². The summed E-state index contributed by atoms with van der Waals surface area (Å²) in [5.41, 5.74) is 5.27. The summed E-state index contributed by atoms with van der Waals surface area (Å²) in [7, 11) is 0. The van der Waals surface area contributed by atoms with Crippen molar-refractivity contribution in [3.05, 3.63) is 0 Å². The molecule has 0 aliphatic carbocycles. The van der Waals surface area contributed by atoms with Crippen LogP contribution in [0.3, 0.4) is 0 Å². The van der Waals surface area contributed by atoms with Gasteiger partial charge >= 0.3 is 0 Å². The SMILES string of the molecule is CCCCCCCCCCCOCC(O)CN. The van der Waals surface area contributed by atoms with Crippen molar-refractivity contribution in [1.29, 1.82) is 0 Å². The van der Waals surface area contributed by atoms with Gasteiger partial charge in [0.15, 0.2) is 0 Å². The smallest absolute Gasteiger partial charge is 0.0895 e. The van der Waals surface area contributed by atoms with Crippen molar-refractivity contribution in [2.75, 3.05) is 19.8 Å². The van der Waals surface area contributed by atoms with E-state index in [1.165, 1.54) is 51.4 Å². The number of aliphatic hydroxyl groups excluding tert-OH is 1. The Morgan fingerprint density at radius 2 is 1.47 bits per heavy atom. The van der Waals surface area contributed by atoms with E-state index in [9.17, 15) is 0 Å². The second-order valence-electron chi connectivity index (χ2n) is 4.79. The van der Waals surface area contributed by atoms with Crippen molar-refractivity contribution in [2.24, 2.45) is 5.73 Å². The van der Waals surface area contributed by atoms with E-state index in [1.54, 1.807) is 0 Å². The molecular formula is C14H31NO2. The highest BCUT2D eigenvalue weighted by atomic mass is 16.5. The highest BCUT2D eigenvalue weighted by Gasteiger charge is 1.99. The van der Waals surface area contributed by atoms with Crippen LogP contribution in [0.4, 0.5) is 0 Å². The molecule has 0 saturated heterocycles. The van der Waals surface area contributed by atoms with Gasteiger partial charge in [-0.1, -0.05) is 58.3 Å². The fourth-order valence-corrected chi connectivity index (χ4v) is 1.80. The standard InChI is InChI=1S/C14H31NO2/c1-2-3-4-5-6-7-8-9-10-11-17-13-14(16)12-15/h14,16H,2-13,15H2,1H3. The Bertz CT molecular complexity index is 142. The number of hydrogen-bond donors (Lipinski definition) is 2. The zero-order chi connectivity index (χ0) is 12.8. The van der Waals surface area contributed by atoms with Gasteiger partial charge in [0, 0.05) is 13.2 Å². The second kappa shape index (κ2) is 13.9. The molecule has 3 N–H and O–H groups in total. The Morgan fingerprint density at radius 3 is 2.00 bits per heavy atom. The van der Waals surface area contributed by atoms with Crippen LogP contribution in [-0.2, 0) is 4.74 Å². The van der Waals surface area contributed by atoms with Crippen molar-refractivity contribution < 1.29 is 9.84 Å². The molecule has 1 atom stereocenters. The molecule has 0 rings (SSSR count). The number of nitrogens with two attached hydrogens (primary N) is 1. The van der Waals surface area contributed by atoms with Crippen molar-refractivity contribution in [3.8, 4) is 0 Å². The van der Waals surface area contributed by atoms with Gasteiger partial charge in [-0.3, -0.25) is 0 Å². The molecule has 0 fully saturated rings. The Hall–Kier alpha value is -0.120. The molecule has 0 amide bonds. The van der Waals surface area contributed by atoms with Gasteiger partial charge in [0.1, 0.15) is 0 Å². The van der Waals surface area contributed by atoms with Crippen molar-refractivity contribution in [3.63, 3.8) is 0 Å². The van der Waals surface area contributed by atoms with Gasteiger partial charge < -0.3 is 15.6 Å². The average Bonchev–Trinajstić information content (AvgIpc) is 2.35. The largest absolute Gasteiger partial charge is 0.389 e. The van der Waals surface area contributed by atoms with Crippen LogP contribution in [0, 0.1) is 0 Å². The fraction of sp³-hybridized carbons (Fsp3) is 1.00. The molecule has 0 aromatic heterocycles. The molecule has 0 aromatic carbocycles. The van der Waals surface area contributed by atoms with Gasteiger partial charge in [-0.15, -0.1) is 0 Å². The van der Waals surface area contributed by atoms with Crippen LogP contribution in [-0.4, -0.2) is 31.0 Å². The summed E-state index contributed by atoms with van der Waals surface area (Å²) in [5, 5.41) is 9.15. The topological polar surface area (TPSA) is 55.5 Å². The molecule has 3 heteroatoms. The number of unbranched alkanes of at least 4 members (excludes halogenated alkanes) is 8. The molecule has 0 bridgehead atoms. The first kappa shape index (κ1) is 16.9. The van der Waals surface area contributed by atoms with Crippen LogP contribution in [0.25, 0.3) is 0 Å². The van der Waals surface area contributed by atoms with Gasteiger partial charge in [-0.05, 0) is 6.42 Å². The summed E-state index contributed by atoms with van der Waals surface area (Å²) < 4.78 is 5.32. The third-order valence-electron chi connectivity index (χ3n) is 2.97. The van der Waals surface area contributed by atoms with Crippen molar-refractivity contribution in [1.82, 2.24) is 0 Å². The maximum Gasteiger partial charge on any atom is 0.0895 e. The molecule has 3 nitrogen and oxygen atoms in total. The second-order valence-corrected chi connectivity index (χ2v) is 4.79. The number of hydrogen-bond acceptors (Lipinski definition) is 3. The maximum atomic E-state index is 9.15. The van der Waals surface area contributed by atoms with E-state index in [1.807, 2.05) is 0 Å². The predicted molar refractivity (Wildman–Crippen MR) is 73.1 cm³/mol. The van der Waals surface area contributed by atoms with Crippen molar-refractivity contribution >= 4 is 0 Å². The third-order valence-corrected chi connectivity index (χ3v) is 2.97. The Morgan fingerprint density at radius 1 is 0.941 bits per heavy atom. The van der Waals surface area contributed by atoms with Gasteiger partial charge in [0.25, 0.3) is 0 Å². The highest BCUT2D eigenvalue weighted by molar-refractivity contribution is 4.52. The third kappa shape index (κ3) is 13.8. The minimum atomic E-state index is -0.492. The van der Waals surface area contributed by atoms with Crippen LogP contribution < -0.4 is 5.73 Å². The van der Waals surface area contributed by atoms with E-state index in [-0.39, 0.29) is 6.54 Å². The molecule has 0 aromatic rings. The first-order valence-electron chi connectivity index (χ1n) is 7.27. The molecule has 0 aliphatic rings. The predicted octanol–water partition coefficient (Wildman–Crippen LogP) is 2.85. The average molecular weight is 245 g/mol. The summed E-state index contributed by atoms with van der Waals surface area (Å²) in [6.07, 6.45) is 11.4. The zero-order valence-corrected chi connectivity index (χ0v) is 11.5. The van der Waals surface area contributed by atoms with Gasteiger partial charge in [0.05, 0.1) is 12.7 Å². The Labute approximate surface area is 107 Å². The Kier molecular flexibility index (Phi) is 13.8. The lowest BCUT2D eigenvalue weighted by Crippen LogP contribution is -2.25. The summed E-state index contributed by atoms with van der Waals surface area (Å²) in [4.78, 5) is 0. The van der Waals surface area contributed by atoms with Crippen LogP contribution in [0.5, 0.6) is 0 Å². The Balaban J connectivity index is 2.94. The summed E-state index contributed by atoms with van der Waals surface area (Å²) in [5.74, 6) is 0. The van der Waals surface area contributed by atoms with E-state index in [2.05, 4.69) is 6.92 Å². The molecule has 0 heterocycles. The van der Waals surface area contributed by atoms with E-state index >= 15 is 0 Å². The number of rotatable bonds is 13. The molecule has 104 valence electrons. The number of ether oxygens (including phenoxy) is 1. The van der Waals surface area contributed by atoms with Crippen LogP contribution >= 0.6 is 0 Å². The molecule has 0 saturated carbocycles. The van der Waals surface area contributed by atoms with E-state index in [4.69, 9.17) is 15.6 Å². The van der Waals surface area contributed by atoms with Crippen LogP contribution in [0.1, 0.15) is 64.7 Å². The minimum absolute atomic E-state index is 0.289. The monoisotopic (exact) mass is 245 g/mol. The lowest BCUT2D eigenvalue weighted by molar-refractivity contribution is 0.0396. The first-order chi connectivity index (χ1) is 8.31. The molecule has 1 unspecified atom stereocenters. The molecule has 0 radical (unpaired) electrons. The van der Waals surface area contributed by atoms with Crippen LogP contribution in [0.15, 0.2) is 0 Å². The molecule has 17 heavy (non-hydrogen) atoms. The number of aliphatic hydroxyl groups is 1. The van der Waals surface area contributed by atoms with Gasteiger partial charge in [-0.2, -0.15) is 0 Å².